The number of aliphatic hydroxyl groups is 2. The Kier molecular flexibility index (Phi) is 29.0. The number of phosphoric ester groups is 1. The highest BCUT2D eigenvalue weighted by molar-refractivity contribution is 7.47. The molecule has 0 bridgehead atoms. The van der Waals surface area contributed by atoms with Crippen LogP contribution in [0.5, 0.6) is 0 Å². The number of carbonyl (C=O) groups excluding carboxylic acids is 2. The number of ether oxygens (including phenoxy) is 2. The standard InChI is InChI=1S/C32H63O10P/c1-3-5-6-7-8-9-10-11-12-13-14-15-16-17-18-19-20-21-22-24-32(36)42-30(26-34)28-40-43(37,38)39-27-29(25-33)41-31(35)23-4-2/h29-30,33-34H,3-28H2,1-2H3,(H,37,38). The highest BCUT2D eigenvalue weighted by Crippen LogP contribution is 2.43. The number of rotatable bonds is 32. The van der Waals surface area contributed by atoms with Crippen LogP contribution in [0.3, 0.4) is 0 Å². The van der Waals surface area contributed by atoms with Gasteiger partial charge in [0.2, 0.25) is 0 Å². The molecule has 0 radical (unpaired) electrons. The van der Waals surface area contributed by atoms with Gasteiger partial charge in [-0.3, -0.25) is 18.6 Å². The minimum Gasteiger partial charge on any atom is -0.457 e. The van der Waals surface area contributed by atoms with Crippen LogP contribution < -0.4 is 0 Å². The summed E-state index contributed by atoms with van der Waals surface area (Å²) >= 11 is 0. The first kappa shape index (κ1) is 42.0. The van der Waals surface area contributed by atoms with Crippen LogP contribution in [0.25, 0.3) is 0 Å². The lowest BCUT2D eigenvalue weighted by Gasteiger charge is -2.20. The van der Waals surface area contributed by atoms with Crippen molar-refractivity contribution in [2.45, 2.75) is 167 Å². The van der Waals surface area contributed by atoms with Gasteiger partial charge < -0.3 is 24.6 Å². The SMILES string of the molecule is CCCCCCCCCCCCCCCCCCCCCC(=O)OC(CO)COP(=O)(O)OCC(CO)OC(=O)CCC. The monoisotopic (exact) mass is 638 g/mol. The van der Waals surface area contributed by atoms with Gasteiger partial charge in [0.15, 0.2) is 0 Å². The molecule has 0 aromatic heterocycles. The highest BCUT2D eigenvalue weighted by Gasteiger charge is 2.27. The zero-order valence-corrected chi connectivity index (χ0v) is 28.1. The smallest absolute Gasteiger partial charge is 0.457 e. The van der Waals surface area contributed by atoms with E-state index in [-0.39, 0.29) is 12.8 Å². The summed E-state index contributed by atoms with van der Waals surface area (Å²) in [4.78, 5) is 33.4. The number of esters is 2. The molecule has 0 fully saturated rings. The molecule has 3 N–H and O–H groups in total. The number of carbonyl (C=O) groups is 2. The third-order valence-corrected chi connectivity index (χ3v) is 8.24. The van der Waals surface area contributed by atoms with E-state index in [1.807, 2.05) is 0 Å². The van der Waals surface area contributed by atoms with Crippen LogP contribution in [-0.4, -0.2) is 65.7 Å². The predicted molar refractivity (Wildman–Crippen MR) is 169 cm³/mol. The van der Waals surface area contributed by atoms with Crippen molar-refractivity contribution in [1.82, 2.24) is 0 Å². The van der Waals surface area contributed by atoms with Crippen molar-refractivity contribution in [3.8, 4) is 0 Å². The van der Waals surface area contributed by atoms with E-state index in [2.05, 4.69) is 6.92 Å². The second kappa shape index (κ2) is 29.7. The third kappa shape index (κ3) is 28.2. The largest absolute Gasteiger partial charge is 0.472 e. The minimum atomic E-state index is -4.59. The minimum absolute atomic E-state index is 0.146. The molecule has 256 valence electrons. The Bertz CT molecular complexity index is 706. The van der Waals surface area contributed by atoms with Crippen molar-refractivity contribution in [3.63, 3.8) is 0 Å². The van der Waals surface area contributed by atoms with Gasteiger partial charge in [0.25, 0.3) is 0 Å². The van der Waals surface area contributed by atoms with Gasteiger partial charge in [0.1, 0.15) is 12.2 Å². The van der Waals surface area contributed by atoms with E-state index in [0.29, 0.717) is 12.8 Å². The van der Waals surface area contributed by atoms with Crippen LogP contribution in [0, 0.1) is 0 Å². The first-order valence-corrected chi connectivity index (χ1v) is 18.5. The van der Waals surface area contributed by atoms with Gasteiger partial charge in [-0.2, -0.15) is 0 Å². The number of hydrogen-bond donors (Lipinski definition) is 3. The fourth-order valence-electron chi connectivity index (χ4n) is 4.68. The van der Waals surface area contributed by atoms with Crippen molar-refractivity contribution in [2.75, 3.05) is 26.4 Å². The maximum Gasteiger partial charge on any atom is 0.472 e. The molecule has 0 rings (SSSR count). The number of hydrogen-bond acceptors (Lipinski definition) is 9. The average molecular weight is 639 g/mol. The molecule has 3 unspecified atom stereocenters. The molecule has 3 atom stereocenters. The van der Waals surface area contributed by atoms with E-state index in [4.69, 9.17) is 18.5 Å². The third-order valence-electron chi connectivity index (χ3n) is 7.29. The Hall–Kier alpha value is -1.03. The summed E-state index contributed by atoms with van der Waals surface area (Å²) in [6.07, 6.45) is 22.8. The number of phosphoric acid groups is 1. The van der Waals surface area contributed by atoms with Crippen molar-refractivity contribution in [1.29, 1.82) is 0 Å². The van der Waals surface area contributed by atoms with E-state index in [1.165, 1.54) is 96.3 Å². The summed E-state index contributed by atoms with van der Waals surface area (Å²) in [5.74, 6) is -1.07. The second-order valence-corrected chi connectivity index (χ2v) is 13.0. The van der Waals surface area contributed by atoms with E-state index in [1.54, 1.807) is 6.92 Å². The summed E-state index contributed by atoms with van der Waals surface area (Å²) in [5.41, 5.74) is 0. The Labute approximate surface area is 261 Å². The second-order valence-electron chi connectivity index (χ2n) is 11.5. The lowest BCUT2D eigenvalue weighted by atomic mass is 10.0. The molecular weight excluding hydrogens is 575 g/mol. The lowest BCUT2D eigenvalue weighted by Crippen LogP contribution is -2.28. The average Bonchev–Trinajstić information content (AvgIpc) is 2.98. The Morgan fingerprint density at radius 1 is 0.535 bits per heavy atom. The van der Waals surface area contributed by atoms with Gasteiger partial charge in [-0.15, -0.1) is 0 Å². The molecule has 10 nitrogen and oxygen atoms in total. The van der Waals surface area contributed by atoms with Crippen molar-refractivity contribution < 1.29 is 47.8 Å². The van der Waals surface area contributed by atoms with Gasteiger partial charge >= 0.3 is 19.8 Å². The Morgan fingerprint density at radius 3 is 1.19 bits per heavy atom. The Morgan fingerprint density at radius 2 is 0.860 bits per heavy atom. The molecule has 11 heteroatoms. The molecule has 0 aromatic carbocycles. The molecular formula is C32H63O10P. The lowest BCUT2D eigenvalue weighted by molar-refractivity contribution is -0.153. The first-order chi connectivity index (χ1) is 20.8. The fraction of sp³-hybridized carbons (Fsp3) is 0.938. The van der Waals surface area contributed by atoms with Crippen LogP contribution in [0.15, 0.2) is 0 Å². The molecule has 0 heterocycles. The fourth-order valence-corrected chi connectivity index (χ4v) is 5.47. The summed E-state index contributed by atoms with van der Waals surface area (Å²) in [5, 5.41) is 18.7. The van der Waals surface area contributed by atoms with Gasteiger partial charge in [-0.1, -0.05) is 129 Å². The van der Waals surface area contributed by atoms with Crippen LogP contribution in [0.2, 0.25) is 0 Å². The quantitative estimate of drug-likeness (QED) is 0.0383. The Balaban J connectivity index is 3.74. The van der Waals surface area contributed by atoms with E-state index >= 15 is 0 Å². The molecule has 43 heavy (non-hydrogen) atoms. The maximum atomic E-state index is 12.1. The van der Waals surface area contributed by atoms with Crippen LogP contribution >= 0.6 is 7.82 Å². The highest BCUT2D eigenvalue weighted by atomic mass is 31.2. The number of unbranched alkanes of at least 4 members (excludes halogenated alkanes) is 18. The predicted octanol–water partition coefficient (Wildman–Crippen LogP) is 7.55. The summed E-state index contributed by atoms with van der Waals surface area (Å²) in [6.45, 7) is 1.77. The van der Waals surface area contributed by atoms with Gasteiger partial charge in [-0.05, 0) is 12.8 Å². The zero-order valence-electron chi connectivity index (χ0n) is 27.2. The molecule has 0 aliphatic rings. The van der Waals surface area contributed by atoms with Crippen LogP contribution in [-0.2, 0) is 32.7 Å². The summed E-state index contributed by atoms with van der Waals surface area (Å²) in [7, 11) is -4.59. The normalized spacial score (nSPS) is 14.3. The van der Waals surface area contributed by atoms with E-state index in [0.717, 1.165) is 19.3 Å². The van der Waals surface area contributed by atoms with Crippen molar-refractivity contribution >= 4 is 19.8 Å². The van der Waals surface area contributed by atoms with E-state index in [9.17, 15) is 29.3 Å². The van der Waals surface area contributed by atoms with Gasteiger partial charge in [0, 0.05) is 12.8 Å². The zero-order chi connectivity index (χ0) is 32.0. The molecule has 0 saturated heterocycles. The van der Waals surface area contributed by atoms with Crippen LogP contribution in [0.1, 0.15) is 155 Å². The molecule has 0 amide bonds. The van der Waals surface area contributed by atoms with Gasteiger partial charge in [0.05, 0.1) is 26.4 Å². The maximum absolute atomic E-state index is 12.1. The molecule has 0 aliphatic carbocycles. The van der Waals surface area contributed by atoms with Gasteiger partial charge in [-0.25, -0.2) is 4.57 Å². The number of aliphatic hydroxyl groups excluding tert-OH is 2. The summed E-state index contributed by atoms with van der Waals surface area (Å²) < 4.78 is 31.7. The molecule has 0 aromatic rings. The topological polar surface area (TPSA) is 149 Å². The first-order valence-electron chi connectivity index (χ1n) is 17.0. The molecule has 0 aliphatic heterocycles. The molecule has 0 saturated carbocycles. The van der Waals surface area contributed by atoms with Crippen molar-refractivity contribution in [2.24, 2.45) is 0 Å². The van der Waals surface area contributed by atoms with Crippen molar-refractivity contribution in [3.05, 3.63) is 0 Å². The van der Waals surface area contributed by atoms with Crippen LogP contribution in [0.4, 0.5) is 0 Å². The summed E-state index contributed by atoms with van der Waals surface area (Å²) in [6, 6.07) is 0. The van der Waals surface area contributed by atoms with E-state index < -0.39 is 58.4 Å². The molecule has 0 spiro atoms.